The molecule has 1 aromatic carbocycles. The number of nitrogens with one attached hydrogen (secondary N) is 1. The van der Waals surface area contributed by atoms with Crippen LogP contribution in [0.1, 0.15) is 11.5 Å². The maximum Gasteiger partial charge on any atom is 0.247 e. The van der Waals surface area contributed by atoms with Gasteiger partial charge in [0.15, 0.2) is 0 Å². The molecule has 0 saturated heterocycles. The fraction of sp³-hybridized carbons (Fsp3) is 0.150. The summed E-state index contributed by atoms with van der Waals surface area (Å²) in [7, 11) is 0. The van der Waals surface area contributed by atoms with E-state index in [0.717, 1.165) is 17.1 Å². The van der Waals surface area contributed by atoms with Crippen LogP contribution >= 0.6 is 0 Å². The molecule has 0 unspecified atom stereocenters. The van der Waals surface area contributed by atoms with Crippen LogP contribution in [0.15, 0.2) is 65.5 Å². The van der Waals surface area contributed by atoms with Crippen LogP contribution in [-0.4, -0.2) is 25.5 Å². The number of furan rings is 1. The molecular formula is C20H18FN5O2. The summed E-state index contributed by atoms with van der Waals surface area (Å²) >= 11 is 0. The first-order chi connectivity index (χ1) is 13.6. The molecule has 4 aromatic rings. The van der Waals surface area contributed by atoms with E-state index in [9.17, 15) is 9.18 Å². The predicted molar refractivity (Wildman–Crippen MR) is 101 cm³/mol. The number of aryl methyl sites for hydroxylation is 1. The van der Waals surface area contributed by atoms with E-state index >= 15 is 0 Å². The van der Waals surface area contributed by atoms with Crippen LogP contribution in [0.5, 0.6) is 0 Å². The highest BCUT2D eigenvalue weighted by molar-refractivity contribution is 5.89. The maximum absolute atomic E-state index is 13.4. The lowest BCUT2D eigenvalue weighted by Crippen LogP contribution is -2.21. The molecule has 8 heteroatoms. The van der Waals surface area contributed by atoms with Crippen molar-refractivity contribution in [3.63, 3.8) is 0 Å². The minimum Gasteiger partial charge on any atom is -0.464 e. The minimum absolute atomic E-state index is 0.0281. The highest BCUT2D eigenvalue weighted by atomic mass is 19.1. The van der Waals surface area contributed by atoms with E-state index in [-0.39, 0.29) is 18.3 Å². The van der Waals surface area contributed by atoms with Crippen molar-refractivity contribution >= 4 is 11.7 Å². The first-order valence-corrected chi connectivity index (χ1v) is 8.72. The Morgan fingerprint density at radius 1 is 1.18 bits per heavy atom. The Labute approximate surface area is 160 Å². The van der Waals surface area contributed by atoms with Gasteiger partial charge in [-0.1, -0.05) is 12.1 Å². The first kappa shape index (κ1) is 17.7. The standard InChI is InChI=1S/C20H18FN5O2/c1-14-5-6-18(28-14)12-26-19(7-8-22-26)24-20(27)13-25-11-16(10-23-25)15-3-2-4-17(21)9-15/h2-11H,12-13H2,1H3,(H,24,27). The molecule has 0 saturated carbocycles. The molecule has 1 amide bonds. The van der Waals surface area contributed by atoms with E-state index in [0.29, 0.717) is 17.9 Å². The van der Waals surface area contributed by atoms with Crippen molar-refractivity contribution in [3.05, 3.63) is 78.4 Å². The molecule has 0 aliphatic carbocycles. The second-order valence-corrected chi connectivity index (χ2v) is 6.37. The number of hydrogen-bond acceptors (Lipinski definition) is 4. The van der Waals surface area contributed by atoms with E-state index in [1.54, 1.807) is 41.5 Å². The fourth-order valence-electron chi connectivity index (χ4n) is 2.88. The average Bonchev–Trinajstić information content (AvgIpc) is 3.38. The summed E-state index contributed by atoms with van der Waals surface area (Å²) in [5.74, 6) is 1.58. The Balaban J connectivity index is 1.41. The molecule has 0 fully saturated rings. The molecule has 28 heavy (non-hydrogen) atoms. The molecule has 1 N–H and O–H groups in total. The molecular weight excluding hydrogens is 361 g/mol. The number of nitrogens with zero attached hydrogens (tertiary/aromatic N) is 4. The van der Waals surface area contributed by atoms with Crippen molar-refractivity contribution in [2.75, 3.05) is 5.32 Å². The van der Waals surface area contributed by atoms with Crippen molar-refractivity contribution in [2.24, 2.45) is 0 Å². The van der Waals surface area contributed by atoms with E-state index in [4.69, 9.17) is 4.42 Å². The summed E-state index contributed by atoms with van der Waals surface area (Å²) in [6.07, 6.45) is 4.92. The number of aromatic nitrogens is 4. The lowest BCUT2D eigenvalue weighted by Gasteiger charge is -2.08. The van der Waals surface area contributed by atoms with Gasteiger partial charge in [-0.15, -0.1) is 0 Å². The number of halogens is 1. The van der Waals surface area contributed by atoms with Crippen LogP contribution in [0.25, 0.3) is 11.1 Å². The topological polar surface area (TPSA) is 77.9 Å². The van der Waals surface area contributed by atoms with E-state index in [1.807, 2.05) is 19.1 Å². The predicted octanol–water partition coefficient (Wildman–Crippen LogP) is 3.47. The van der Waals surface area contributed by atoms with Gasteiger partial charge in [0.1, 0.15) is 36.2 Å². The summed E-state index contributed by atoms with van der Waals surface area (Å²) in [6.45, 7) is 2.32. The zero-order valence-corrected chi connectivity index (χ0v) is 15.2. The van der Waals surface area contributed by atoms with Gasteiger partial charge in [-0.05, 0) is 36.8 Å². The summed E-state index contributed by atoms with van der Waals surface area (Å²) in [5, 5.41) is 11.2. The number of amides is 1. The van der Waals surface area contributed by atoms with Crippen molar-refractivity contribution in [3.8, 4) is 11.1 Å². The van der Waals surface area contributed by atoms with Crippen molar-refractivity contribution in [2.45, 2.75) is 20.0 Å². The molecule has 142 valence electrons. The third-order valence-corrected chi connectivity index (χ3v) is 4.18. The summed E-state index contributed by atoms with van der Waals surface area (Å²) in [5.41, 5.74) is 1.45. The third kappa shape index (κ3) is 4.01. The Bertz CT molecular complexity index is 1110. The second-order valence-electron chi connectivity index (χ2n) is 6.37. The molecule has 0 radical (unpaired) electrons. The molecule has 0 bridgehead atoms. The van der Waals surface area contributed by atoms with Gasteiger partial charge in [0.25, 0.3) is 0 Å². The Hall–Kier alpha value is -3.68. The van der Waals surface area contributed by atoms with Gasteiger partial charge >= 0.3 is 0 Å². The van der Waals surface area contributed by atoms with Gasteiger partial charge in [-0.2, -0.15) is 10.2 Å². The smallest absolute Gasteiger partial charge is 0.247 e. The number of carbonyl (C=O) groups is 1. The molecule has 7 nitrogen and oxygen atoms in total. The van der Waals surface area contributed by atoms with Gasteiger partial charge in [-0.3, -0.25) is 9.48 Å². The van der Waals surface area contributed by atoms with Crippen molar-refractivity contribution in [1.29, 1.82) is 0 Å². The second kappa shape index (κ2) is 7.51. The molecule has 0 atom stereocenters. The Morgan fingerprint density at radius 3 is 2.86 bits per heavy atom. The normalized spacial score (nSPS) is 10.9. The van der Waals surface area contributed by atoms with Crippen LogP contribution in [0.3, 0.4) is 0 Å². The van der Waals surface area contributed by atoms with Crippen LogP contribution < -0.4 is 5.32 Å². The van der Waals surface area contributed by atoms with Crippen LogP contribution in [-0.2, 0) is 17.9 Å². The van der Waals surface area contributed by atoms with Gasteiger partial charge in [0.05, 0.1) is 12.4 Å². The number of carbonyl (C=O) groups excluding carboxylic acids is 1. The molecule has 0 aliphatic rings. The van der Waals surface area contributed by atoms with E-state index in [1.165, 1.54) is 16.8 Å². The number of rotatable bonds is 6. The third-order valence-electron chi connectivity index (χ3n) is 4.18. The average molecular weight is 379 g/mol. The molecule has 0 spiro atoms. The van der Waals surface area contributed by atoms with E-state index in [2.05, 4.69) is 15.5 Å². The fourth-order valence-corrected chi connectivity index (χ4v) is 2.88. The minimum atomic E-state index is -0.317. The van der Waals surface area contributed by atoms with Crippen molar-refractivity contribution < 1.29 is 13.6 Å². The molecule has 0 aliphatic heterocycles. The Kier molecular flexibility index (Phi) is 4.76. The quantitative estimate of drug-likeness (QED) is 0.556. The lowest BCUT2D eigenvalue weighted by atomic mass is 10.1. The number of benzene rings is 1. The van der Waals surface area contributed by atoms with Crippen LogP contribution in [0.4, 0.5) is 10.2 Å². The monoisotopic (exact) mass is 379 g/mol. The summed E-state index contributed by atoms with van der Waals surface area (Å²) in [6, 6.07) is 11.7. The van der Waals surface area contributed by atoms with E-state index < -0.39 is 0 Å². The molecule has 4 rings (SSSR count). The van der Waals surface area contributed by atoms with Crippen LogP contribution in [0.2, 0.25) is 0 Å². The SMILES string of the molecule is Cc1ccc(Cn2nccc2NC(=O)Cn2cc(-c3cccc(F)c3)cn2)o1. The van der Waals surface area contributed by atoms with Gasteiger partial charge in [-0.25, -0.2) is 9.07 Å². The zero-order valence-electron chi connectivity index (χ0n) is 15.2. The molecule has 3 heterocycles. The molecule has 3 aromatic heterocycles. The highest BCUT2D eigenvalue weighted by Crippen LogP contribution is 2.19. The lowest BCUT2D eigenvalue weighted by molar-refractivity contribution is -0.116. The summed E-state index contributed by atoms with van der Waals surface area (Å²) in [4.78, 5) is 12.4. The number of hydrogen-bond donors (Lipinski definition) is 1. The maximum atomic E-state index is 13.4. The largest absolute Gasteiger partial charge is 0.464 e. The zero-order chi connectivity index (χ0) is 19.5. The van der Waals surface area contributed by atoms with Crippen molar-refractivity contribution in [1.82, 2.24) is 19.6 Å². The summed E-state index contributed by atoms with van der Waals surface area (Å²) < 4.78 is 22.1. The van der Waals surface area contributed by atoms with Crippen LogP contribution in [0, 0.1) is 12.7 Å². The first-order valence-electron chi connectivity index (χ1n) is 8.72. The number of anilines is 1. The van der Waals surface area contributed by atoms with Gasteiger partial charge in [0.2, 0.25) is 5.91 Å². The van der Waals surface area contributed by atoms with Gasteiger partial charge in [0, 0.05) is 17.8 Å². The highest BCUT2D eigenvalue weighted by Gasteiger charge is 2.11. The Morgan fingerprint density at radius 2 is 2.07 bits per heavy atom. The van der Waals surface area contributed by atoms with Gasteiger partial charge < -0.3 is 9.73 Å².